The van der Waals surface area contributed by atoms with E-state index in [9.17, 15) is 14.7 Å². The highest BCUT2D eigenvalue weighted by Gasteiger charge is 2.13. The summed E-state index contributed by atoms with van der Waals surface area (Å²) in [4.78, 5) is 26.1. The van der Waals surface area contributed by atoms with Crippen molar-refractivity contribution < 1.29 is 14.7 Å². The molecule has 0 aliphatic carbocycles. The normalized spacial score (nSPS) is 12.2. The second-order valence-electron chi connectivity index (χ2n) is 5.44. The maximum atomic E-state index is 11.9. The molecule has 2 rings (SSSR count). The lowest BCUT2D eigenvalue weighted by atomic mass is 10.1. The lowest BCUT2D eigenvalue weighted by Crippen LogP contribution is -2.47. The van der Waals surface area contributed by atoms with Crippen LogP contribution in [0.1, 0.15) is 38.2 Å². The molecule has 0 saturated carbocycles. The highest BCUT2D eigenvalue weighted by atomic mass is 16.4. The molecule has 118 valence electrons. The van der Waals surface area contributed by atoms with Gasteiger partial charge in [0, 0.05) is 23.5 Å². The first kappa shape index (κ1) is 16.1. The minimum Gasteiger partial charge on any atom is -0.548 e. The largest absolute Gasteiger partial charge is 0.548 e. The highest BCUT2D eigenvalue weighted by Crippen LogP contribution is 2.18. The molecule has 22 heavy (non-hydrogen) atoms. The number of aromatic nitrogens is 1. The maximum Gasteiger partial charge on any atom is 0.220 e. The number of carboxylic acids is 1. The van der Waals surface area contributed by atoms with Gasteiger partial charge in [0.1, 0.15) is 0 Å². The summed E-state index contributed by atoms with van der Waals surface area (Å²) in [6, 6.07) is 7.00. The van der Waals surface area contributed by atoms with Crippen molar-refractivity contribution in [3.05, 3.63) is 36.0 Å². The van der Waals surface area contributed by atoms with Crippen LogP contribution in [0.15, 0.2) is 30.5 Å². The number of fused-ring (bicyclic) bond motifs is 1. The predicted molar refractivity (Wildman–Crippen MR) is 83.1 cm³/mol. The number of nitrogens with one attached hydrogen (secondary N) is 2. The lowest BCUT2D eigenvalue weighted by Gasteiger charge is -2.19. The Morgan fingerprint density at radius 3 is 2.82 bits per heavy atom. The number of benzene rings is 1. The topological polar surface area (TPSA) is 85.0 Å². The van der Waals surface area contributed by atoms with Crippen LogP contribution in [-0.2, 0) is 16.0 Å². The van der Waals surface area contributed by atoms with E-state index in [0.29, 0.717) is 12.8 Å². The summed E-state index contributed by atoms with van der Waals surface area (Å²) >= 11 is 0. The minimum absolute atomic E-state index is 0.254. The van der Waals surface area contributed by atoms with Gasteiger partial charge in [-0.15, -0.1) is 0 Å². The van der Waals surface area contributed by atoms with Gasteiger partial charge in [-0.05, 0) is 24.5 Å². The summed E-state index contributed by atoms with van der Waals surface area (Å²) in [6.07, 6.45) is 4.78. The molecular formula is C17H21N2O3-. The second kappa shape index (κ2) is 7.64. The van der Waals surface area contributed by atoms with Crippen molar-refractivity contribution >= 4 is 22.8 Å². The molecule has 1 aromatic heterocycles. The van der Waals surface area contributed by atoms with Gasteiger partial charge in [0.15, 0.2) is 0 Å². The third-order valence-electron chi connectivity index (χ3n) is 3.76. The fourth-order valence-electron chi connectivity index (χ4n) is 2.51. The molecule has 1 amide bonds. The third kappa shape index (κ3) is 4.10. The molecule has 0 spiro atoms. The molecule has 0 aliphatic heterocycles. The number of para-hydroxylation sites is 1. The molecule has 1 heterocycles. The van der Waals surface area contributed by atoms with E-state index < -0.39 is 12.0 Å². The molecule has 0 unspecified atom stereocenters. The van der Waals surface area contributed by atoms with Gasteiger partial charge in [0.2, 0.25) is 5.91 Å². The van der Waals surface area contributed by atoms with Crippen LogP contribution in [0.3, 0.4) is 0 Å². The monoisotopic (exact) mass is 301 g/mol. The summed E-state index contributed by atoms with van der Waals surface area (Å²) in [6.45, 7) is 1.98. The number of carbonyl (C=O) groups is 2. The van der Waals surface area contributed by atoms with Crippen LogP contribution in [0.2, 0.25) is 0 Å². The van der Waals surface area contributed by atoms with Crippen molar-refractivity contribution in [1.82, 2.24) is 10.3 Å². The van der Waals surface area contributed by atoms with Gasteiger partial charge in [-0.1, -0.05) is 38.0 Å². The molecule has 0 bridgehead atoms. The summed E-state index contributed by atoms with van der Waals surface area (Å²) in [5, 5.41) is 14.7. The number of rotatable bonds is 8. The van der Waals surface area contributed by atoms with E-state index in [1.807, 2.05) is 37.4 Å². The Morgan fingerprint density at radius 2 is 2.09 bits per heavy atom. The number of carboxylic acid groups (broad SMARTS) is 1. The average Bonchev–Trinajstić information content (AvgIpc) is 2.92. The van der Waals surface area contributed by atoms with Crippen molar-refractivity contribution in [2.45, 2.75) is 45.1 Å². The number of aromatic amines is 1. The predicted octanol–water partition coefficient (Wildman–Crippen LogP) is 1.53. The second-order valence-corrected chi connectivity index (χ2v) is 5.44. The molecule has 2 aromatic rings. The summed E-state index contributed by atoms with van der Waals surface area (Å²) in [7, 11) is 0. The van der Waals surface area contributed by atoms with E-state index in [2.05, 4.69) is 10.3 Å². The number of aryl methyl sites for hydroxylation is 1. The zero-order chi connectivity index (χ0) is 15.9. The van der Waals surface area contributed by atoms with Crippen LogP contribution < -0.4 is 10.4 Å². The van der Waals surface area contributed by atoms with E-state index in [-0.39, 0.29) is 12.3 Å². The lowest BCUT2D eigenvalue weighted by molar-refractivity contribution is -0.308. The van der Waals surface area contributed by atoms with Crippen molar-refractivity contribution in [1.29, 1.82) is 0 Å². The molecule has 0 fully saturated rings. The fraction of sp³-hybridized carbons (Fsp3) is 0.412. The van der Waals surface area contributed by atoms with Crippen molar-refractivity contribution in [2.24, 2.45) is 0 Å². The van der Waals surface area contributed by atoms with Gasteiger partial charge < -0.3 is 20.2 Å². The number of aliphatic carboxylic acids is 1. The molecule has 0 aliphatic rings. The van der Waals surface area contributed by atoms with Gasteiger partial charge in [0.05, 0.1) is 12.0 Å². The van der Waals surface area contributed by atoms with Crippen LogP contribution >= 0.6 is 0 Å². The summed E-state index contributed by atoms with van der Waals surface area (Å²) in [5.74, 6) is -1.47. The summed E-state index contributed by atoms with van der Waals surface area (Å²) < 4.78 is 0. The van der Waals surface area contributed by atoms with E-state index >= 15 is 0 Å². The van der Waals surface area contributed by atoms with E-state index in [1.54, 1.807) is 0 Å². The number of carbonyl (C=O) groups excluding carboxylic acids is 2. The van der Waals surface area contributed by atoms with E-state index in [0.717, 1.165) is 29.3 Å². The first-order chi connectivity index (χ1) is 10.6. The molecule has 1 atom stereocenters. The molecule has 2 N–H and O–H groups in total. The number of hydrogen-bond acceptors (Lipinski definition) is 3. The summed E-state index contributed by atoms with van der Waals surface area (Å²) in [5.41, 5.74) is 2.10. The molecular weight excluding hydrogens is 280 g/mol. The van der Waals surface area contributed by atoms with Crippen LogP contribution in [0, 0.1) is 0 Å². The minimum atomic E-state index is -1.21. The third-order valence-corrected chi connectivity index (χ3v) is 3.76. The first-order valence-corrected chi connectivity index (χ1v) is 7.67. The Bertz CT molecular complexity index is 648. The average molecular weight is 301 g/mol. The van der Waals surface area contributed by atoms with Gasteiger partial charge in [-0.3, -0.25) is 4.79 Å². The SMILES string of the molecule is CCCC[C@H](NC(=O)CCc1c[nH]c2ccccc12)C(=O)[O-]. The first-order valence-electron chi connectivity index (χ1n) is 7.67. The van der Waals surface area contributed by atoms with Crippen LogP contribution in [0.5, 0.6) is 0 Å². The quantitative estimate of drug-likeness (QED) is 0.775. The van der Waals surface area contributed by atoms with Crippen LogP contribution in [0.25, 0.3) is 10.9 Å². The van der Waals surface area contributed by atoms with Crippen LogP contribution in [0.4, 0.5) is 0 Å². The standard InChI is InChI=1S/C17H22N2O3/c1-2-3-7-15(17(21)22)19-16(20)10-9-12-11-18-14-8-5-4-6-13(12)14/h4-6,8,11,15,18H,2-3,7,9-10H2,1H3,(H,19,20)(H,21,22)/p-1/t15-/m0/s1. The Hall–Kier alpha value is -2.30. The number of H-pyrrole nitrogens is 1. The van der Waals surface area contributed by atoms with E-state index in [4.69, 9.17) is 0 Å². The smallest absolute Gasteiger partial charge is 0.220 e. The number of hydrogen-bond donors (Lipinski definition) is 2. The van der Waals surface area contributed by atoms with Crippen LogP contribution in [-0.4, -0.2) is 22.9 Å². The van der Waals surface area contributed by atoms with Crippen molar-refractivity contribution in [3.8, 4) is 0 Å². The Balaban J connectivity index is 1.90. The maximum absolute atomic E-state index is 11.9. The molecule has 5 heteroatoms. The molecule has 1 aromatic carbocycles. The Kier molecular flexibility index (Phi) is 5.58. The molecule has 0 radical (unpaired) electrons. The zero-order valence-electron chi connectivity index (χ0n) is 12.7. The van der Waals surface area contributed by atoms with Crippen molar-refractivity contribution in [2.75, 3.05) is 0 Å². The van der Waals surface area contributed by atoms with Crippen molar-refractivity contribution in [3.63, 3.8) is 0 Å². The number of unbranched alkanes of at least 4 members (excludes halogenated alkanes) is 1. The fourth-order valence-corrected chi connectivity index (χ4v) is 2.51. The van der Waals surface area contributed by atoms with E-state index in [1.165, 1.54) is 0 Å². The van der Waals surface area contributed by atoms with Gasteiger partial charge >= 0.3 is 0 Å². The highest BCUT2D eigenvalue weighted by molar-refractivity contribution is 5.85. The number of amides is 1. The van der Waals surface area contributed by atoms with Gasteiger partial charge in [0.25, 0.3) is 0 Å². The zero-order valence-corrected chi connectivity index (χ0v) is 12.7. The molecule has 5 nitrogen and oxygen atoms in total. The molecule has 0 saturated heterocycles. The van der Waals surface area contributed by atoms with Gasteiger partial charge in [-0.25, -0.2) is 0 Å². The van der Waals surface area contributed by atoms with Gasteiger partial charge in [-0.2, -0.15) is 0 Å². The Morgan fingerprint density at radius 1 is 1.32 bits per heavy atom. The Labute approximate surface area is 129 Å².